The fourth-order valence-corrected chi connectivity index (χ4v) is 14.1. The zero-order valence-corrected chi connectivity index (χ0v) is 19.4. The van der Waals surface area contributed by atoms with E-state index in [1.54, 1.807) is 0 Å². The van der Waals surface area contributed by atoms with Crippen molar-refractivity contribution in [3.63, 3.8) is 0 Å². The molecule has 7 heteroatoms. The molecular formula is C18H38O5Si2. The highest BCUT2D eigenvalue weighted by molar-refractivity contribution is 6.78. The first kappa shape index (κ1) is 23.0. The molecule has 0 aromatic carbocycles. The lowest BCUT2D eigenvalue weighted by atomic mass is 10.1. The van der Waals surface area contributed by atoms with Crippen LogP contribution < -0.4 is 0 Å². The highest BCUT2D eigenvalue weighted by atomic mass is 28.4. The van der Waals surface area contributed by atoms with Crippen molar-refractivity contribution in [3.05, 3.63) is 0 Å². The minimum absolute atomic E-state index is 0.0272. The van der Waals surface area contributed by atoms with Crippen LogP contribution in [0.25, 0.3) is 0 Å². The number of hydrogen-bond acceptors (Lipinski definition) is 5. The van der Waals surface area contributed by atoms with Crippen molar-refractivity contribution in [2.75, 3.05) is 13.2 Å². The van der Waals surface area contributed by atoms with Crippen molar-refractivity contribution in [3.8, 4) is 0 Å². The summed E-state index contributed by atoms with van der Waals surface area (Å²) >= 11 is 0. The second kappa shape index (κ2) is 9.76. The number of aliphatic hydroxyl groups is 1. The molecule has 0 radical (unpaired) electrons. The van der Waals surface area contributed by atoms with Crippen molar-refractivity contribution in [1.82, 2.24) is 0 Å². The molecule has 1 aliphatic heterocycles. The average molecular weight is 391 g/mol. The lowest BCUT2D eigenvalue weighted by Crippen LogP contribution is -2.59. The number of ether oxygens (including phenoxy) is 1. The molecule has 0 aliphatic carbocycles. The first-order chi connectivity index (χ1) is 11.6. The molecule has 1 N–H and O–H groups in total. The summed E-state index contributed by atoms with van der Waals surface area (Å²) in [5.41, 5.74) is 1.43. The van der Waals surface area contributed by atoms with Crippen molar-refractivity contribution in [2.24, 2.45) is 0 Å². The van der Waals surface area contributed by atoms with E-state index in [2.05, 4.69) is 55.4 Å². The zero-order chi connectivity index (χ0) is 19.4. The van der Waals surface area contributed by atoms with Crippen LogP contribution in [0.5, 0.6) is 0 Å². The molecule has 0 unspecified atom stereocenters. The third-order valence-electron chi connectivity index (χ3n) is 5.07. The van der Waals surface area contributed by atoms with Gasteiger partial charge in [0.05, 0.1) is 13.2 Å². The van der Waals surface area contributed by atoms with Gasteiger partial charge in [0, 0.05) is 6.42 Å². The van der Waals surface area contributed by atoms with E-state index in [-0.39, 0.29) is 23.5 Å². The summed E-state index contributed by atoms with van der Waals surface area (Å²) in [4.78, 5) is 12.5. The maximum Gasteiger partial charge on any atom is 0.333 e. The maximum absolute atomic E-state index is 12.5. The van der Waals surface area contributed by atoms with Gasteiger partial charge >= 0.3 is 8.56 Å². The minimum atomic E-state index is -2.68. The molecule has 2 atom stereocenters. The van der Waals surface area contributed by atoms with E-state index in [9.17, 15) is 9.90 Å². The normalized spacial score (nSPS) is 22.9. The number of Topliss-reactive ketones (excluding diaryl/α,β-unsaturated/α-hetero) is 1. The Bertz CT molecular complexity index is 410. The van der Waals surface area contributed by atoms with Crippen LogP contribution in [-0.2, 0) is 18.1 Å². The Labute approximate surface area is 156 Å². The lowest BCUT2D eigenvalue weighted by molar-refractivity contribution is -0.149. The molecule has 25 heavy (non-hydrogen) atoms. The van der Waals surface area contributed by atoms with Gasteiger partial charge in [0.2, 0.25) is 0 Å². The van der Waals surface area contributed by atoms with Crippen LogP contribution in [0.2, 0.25) is 22.2 Å². The molecule has 1 saturated heterocycles. The van der Waals surface area contributed by atoms with Crippen LogP contribution in [0, 0.1) is 0 Å². The predicted octanol–water partition coefficient (Wildman–Crippen LogP) is 3.54. The number of rotatable bonds is 9. The third kappa shape index (κ3) is 5.46. The van der Waals surface area contributed by atoms with Crippen LogP contribution in [0.15, 0.2) is 0 Å². The third-order valence-corrected chi connectivity index (χ3v) is 14.1. The molecule has 5 nitrogen and oxygen atoms in total. The number of aliphatic hydroxyl groups excluding tert-OH is 1. The maximum atomic E-state index is 12.5. The van der Waals surface area contributed by atoms with Gasteiger partial charge in [-0.05, 0) is 22.2 Å². The SMILES string of the molecule is CC(C)[SiH](O[Si](O[C@H]1C(=O)CCO[C@@H]1CO)(C(C)C)C(C)C)C(C)C. The molecular weight excluding hydrogens is 352 g/mol. The average Bonchev–Trinajstić information content (AvgIpc) is 2.51. The summed E-state index contributed by atoms with van der Waals surface area (Å²) in [6.45, 7) is 17.6. The van der Waals surface area contributed by atoms with E-state index in [4.69, 9.17) is 13.3 Å². The smallest absolute Gasteiger partial charge is 0.333 e. The monoisotopic (exact) mass is 390 g/mol. The number of hydrogen-bond donors (Lipinski definition) is 1. The quantitative estimate of drug-likeness (QED) is 0.610. The second-order valence-electron chi connectivity index (χ2n) is 8.45. The molecule has 0 aromatic heterocycles. The fourth-order valence-electron chi connectivity index (χ4n) is 3.73. The van der Waals surface area contributed by atoms with Gasteiger partial charge in [0.1, 0.15) is 12.2 Å². The number of carbonyl (C=O) groups excluding carboxylic acids is 1. The van der Waals surface area contributed by atoms with Crippen molar-refractivity contribution >= 4 is 23.4 Å². The first-order valence-corrected chi connectivity index (χ1v) is 13.4. The van der Waals surface area contributed by atoms with Crippen LogP contribution in [0.1, 0.15) is 61.8 Å². The molecule has 0 saturated carbocycles. The number of carbonyl (C=O) groups is 1. The largest absolute Gasteiger partial charge is 0.437 e. The van der Waals surface area contributed by atoms with Gasteiger partial charge < -0.3 is 18.4 Å². The standard InChI is InChI=1S/C18H38O5Si2/c1-12(2)24(13(3)4)23-25(14(5)6,15(7)8)22-18-16(20)9-10-21-17(18)11-19/h12-15,17-19,24H,9-11H2,1-8H3/t17-,18+/m1/s1. The Hall–Kier alpha value is -0.0562. The Morgan fingerprint density at radius 1 is 1.12 bits per heavy atom. The summed E-state index contributed by atoms with van der Waals surface area (Å²) in [5.74, 6) is 0.0272. The highest BCUT2D eigenvalue weighted by Crippen LogP contribution is 2.40. The summed E-state index contributed by atoms with van der Waals surface area (Å²) in [7, 11) is -4.19. The van der Waals surface area contributed by atoms with Gasteiger partial charge in [-0.3, -0.25) is 4.79 Å². The van der Waals surface area contributed by atoms with E-state index < -0.39 is 29.8 Å². The lowest BCUT2D eigenvalue weighted by Gasteiger charge is -2.45. The Kier molecular flexibility index (Phi) is 8.97. The van der Waals surface area contributed by atoms with E-state index in [1.807, 2.05) is 0 Å². The van der Waals surface area contributed by atoms with E-state index in [0.717, 1.165) is 0 Å². The molecule has 1 heterocycles. The molecule has 148 valence electrons. The van der Waals surface area contributed by atoms with Gasteiger partial charge in [0.15, 0.2) is 14.8 Å². The Morgan fingerprint density at radius 2 is 1.64 bits per heavy atom. The second-order valence-corrected chi connectivity index (χ2v) is 17.0. The van der Waals surface area contributed by atoms with Crippen LogP contribution in [-0.4, -0.2) is 53.9 Å². The fraction of sp³-hybridized carbons (Fsp3) is 0.944. The minimum Gasteiger partial charge on any atom is -0.437 e. The predicted molar refractivity (Wildman–Crippen MR) is 106 cm³/mol. The molecule has 1 fully saturated rings. The van der Waals surface area contributed by atoms with Crippen LogP contribution >= 0.6 is 0 Å². The van der Waals surface area contributed by atoms with Crippen molar-refractivity contribution < 1.29 is 23.2 Å². The van der Waals surface area contributed by atoms with Crippen LogP contribution in [0.3, 0.4) is 0 Å². The van der Waals surface area contributed by atoms with Gasteiger partial charge in [-0.2, -0.15) is 0 Å². The number of ketones is 1. The molecule has 0 spiro atoms. The van der Waals surface area contributed by atoms with E-state index in [1.165, 1.54) is 0 Å². The summed E-state index contributed by atoms with van der Waals surface area (Å²) < 4.78 is 19.1. The Morgan fingerprint density at radius 3 is 2.04 bits per heavy atom. The van der Waals surface area contributed by atoms with Crippen LogP contribution in [0.4, 0.5) is 0 Å². The van der Waals surface area contributed by atoms with Crippen molar-refractivity contribution in [1.29, 1.82) is 0 Å². The topological polar surface area (TPSA) is 65.0 Å². The molecule has 0 amide bonds. The summed E-state index contributed by atoms with van der Waals surface area (Å²) in [6, 6.07) is 0. The molecule has 0 bridgehead atoms. The van der Waals surface area contributed by atoms with E-state index in [0.29, 0.717) is 24.1 Å². The van der Waals surface area contributed by atoms with Gasteiger partial charge in [-0.1, -0.05) is 55.4 Å². The first-order valence-electron chi connectivity index (χ1n) is 9.67. The highest BCUT2D eigenvalue weighted by Gasteiger charge is 2.51. The Balaban J connectivity index is 3.20. The van der Waals surface area contributed by atoms with Gasteiger partial charge in [-0.15, -0.1) is 0 Å². The van der Waals surface area contributed by atoms with Gasteiger partial charge in [-0.25, -0.2) is 0 Å². The summed E-state index contributed by atoms with van der Waals surface area (Å²) in [5, 5.41) is 9.64. The summed E-state index contributed by atoms with van der Waals surface area (Å²) in [6.07, 6.45) is -0.937. The molecule has 1 aliphatic rings. The van der Waals surface area contributed by atoms with E-state index >= 15 is 0 Å². The van der Waals surface area contributed by atoms with Gasteiger partial charge in [0.25, 0.3) is 0 Å². The molecule has 0 aromatic rings. The molecule has 1 rings (SSSR count). The zero-order valence-electron chi connectivity index (χ0n) is 17.2. The van der Waals surface area contributed by atoms with Crippen molar-refractivity contribution in [2.45, 2.75) is 96.2 Å².